The summed E-state index contributed by atoms with van der Waals surface area (Å²) in [6, 6.07) is 11.3. The van der Waals surface area contributed by atoms with Gasteiger partial charge >= 0.3 is 0 Å². The van der Waals surface area contributed by atoms with Crippen molar-refractivity contribution in [2.24, 2.45) is 17.8 Å². The van der Waals surface area contributed by atoms with E-state index in [-0.39, 0.29) is 34.5 Å². The van der Waals surface area contributed by atoms with E-state index in [4.69, 9.17) is 22.0 Å². The van der Waals surface area contributed by atoms with Crippen molar-refractivity contribution in [2.45, 2.75) is 87.9 Å². The van der Waals surface area contributed by atoms with Crippen LogP contribution in [0.15, 0.2) is 36.4 Å². The summed E-state index contributed by atoms with van der Waals surface area (Å²) in [7, 11) is -5.50. The molecule has 1 saturated carbocycles. The summed E-state index contributed by atoms with van der Waals surface area (Å²) in [5.41, 5.74) is 7.73. The third-order valence-corrected chi connectivity index (χ3v) is 14.1. The van der Waals surface area contributed by atoms with Gasteiger partial charge in [-0.3, -0.25) is 4.79 Å². The molecule has 0 radical (unpaired) electrons. The monoisotopic (exact) mass is 688 g/mol. The molecule has 4 aliphatic rings. The zero-order valence-electron chi connectivity index (χ0n) is 26.7. The number of sulfonamides is 1. The molecule has 2 N–H and O–H groups in total. The van der Waals surface area contributed by atoms with Crippen molar-refractivity contribution < 1.29 is 27.3 Å². The van der Waals surface area contributed by atoms with Gasteiger partial charge in [0.25, 0.3) is 5.91 Å². The van der Waals surface area contributed by atoms with Crippen molar-refractivity contribution in [2.75, 3.05) is 30.3 Å². The molecular weight excluding hydrogens is 644 g/mol. The van der Waals surface area contributed by atoms with Crippen LogP contribution in [0.3, 0.4) is 0 Å². The maximum Gasteiger partial charge on any atom is 0.264 e. The number of carbonyl (C=O) groups is 1. The van der Waals surface area contributed by atoms with E-state index in [2.05, 4.69) is 21.8 Å². The van der Waals surface area contributed by atoms with Gasteiger partial charge in [-0.15, -0.1) is 0 Å². The molecule has 8 nitrogen and oxygen atoms in total. The van der Waals surface area contributed by atoms with Gasteiger partial charge in [-0.1, -0.05) is 36.7 Å². The molecule has 11 heteroatoms. The summed E-state index contributed by atoms with van der Waals surface area (Å²) in [4.78, 5) is 15.7. The van der Waals surface area contributed by atoms with E-state index in [0.717, 1.165) is 37.8 Å². The molecule has 2 heterocycles. The fourth-order valence-corrected chi connectivity index (χ4v) is 10.4. The Hall–Kier alpha value is -2.49. The third kappa shape index (κ3) is 6.48. The quantitative estimate of drug-likeness (QED) is 0.425. The minimum atomic E-state index is -3.97. The summed E-state index contributed by atoms with van der Waals surface area (Å²) >= 11 is 6.41. The number of nitrogens with zero attached hydrogens (tertiary/aromatic N) is 1. The van der Waals surface area contributed by atoms with Crippen molar-refractivity contribution in [3.05, 3.63) is 58.1 Å². The van der Waals surface area contributed by atoms with E-state index in [0.29, 0.717) is 56.2 Å². The SMILES string of the molecule is C#S(=O)CC[C@@]1(O)CCCC(C)[C@@H](C)S(=O)(=O)NC(=O)c2ccc3c(c2)N(C[C@@H]2CC[C@H]21)C[C@@]1(CCCc2cc(Cl)ccc21)CO3. The van der Waals surface area contributed by atoms with Crippen LogP contribution < -0.4 is 14.4 Å². The molecule has 2 aliphatic carbocycles. The minimum Gasteiger partial charge on any atom is -0.490 e. The van der Waals surface area contributed by atoms with Gasteiger partial charge in [0.2, 0.25) is 10.0 Å². The number of aliphatic hydroxyl groups is 1. The molecule has 6 atom stereocenters. The number of aryl methyl sites for hydroxylation is 1. The fourth-order valence-electron chi connectivity index (χ4n) is 8.36. The zero-order valence-corrected chi connectivity index (χ0v) is 29.1. The molecule has 1 unspecified atom stereocenters. The predicted molar refractivity (Wildman–Crippen MR) is 183 cm³/mol. The highest BCUT2D eigenvalue weighted by Gasteiger charge is 2.48. The molecule has 2 aromatic rings. The summed E-state index contributed by atoms with van der Waals surface area (Å²) in [6.07, 6.45) is 6.63. The first-order valence-corrected chi connectivity index (χ1v) is 19.8. The summed E-state index contributed by atoms with van der Waals surface area (Å²) in [5, 5.41) is 12.1. The highest BCUT2D eigenvalue weighted by atomic mass is 35.5. The maximum atomic E-state index is 13.4. The molecular formula is C35H45ClN2O6S2. The molecule has 46 heavy (non-hydrogen) atoms. The van der Waals surface area contributed by atoms with E-state index >= 15 is 0 Å². The van der Waals surface area contributed by atoms with Crippen LogP contribution in [-0.4, -0.2) is 59.9 Å². The van der Waals surface area contributed by atoms with E-state index in [9.17, 15) is 22.5 Å². The zero-order chi connectivity index (χ0) is 32.9. The van der Waals surface area contributed by atoms with Crippen LogP contribution in [0.1, 0.15) is 86.7 Å². The van der Waals surface area contributed by atoms with Crippen LogP contribution in [0.2, 0.25) is 5.02 Å². The van der Waals surface area contributed by atoms with Crippen LogP contribution >= 0.6 is 11.6 Å². The van der Waals surface area contributed by atoms with Crippen molar-refractivity contribution in [3.8, 4) is 11.4 Å². The second-order valence-corrected chi connectivity index (χ2v) is 17.9. The smallest absolute Gasteiger partial charge is 0.264 e. The number of benzene rings is 2. The second-order valence-electron chi connectivity index (χ2n) is 14.2. The highest BCUT2D eigenvalue weighted by Crippen LogP contribution is 2.49. The molecule has 0 aromatic heterocycles. The first-order chi connectivity index (χ1) is 21.8. The lowest BCUT2D eigenvalue weighted by Crippen LogP contribution is -2.53. The number of fused-ring (bicyclic) bond motifs is 4. The molecule has 250 valence electrons. The predicted octanol–water partition coefficient (Wildman–Crippen LogP) is 5.57. The van der Waals surface area contributed by atoms with Gasteiger partial charge in [-0.25, -0.2) is 17.3 Å². The van der Waals surface area contributed by atoms with Gasteiger partial charge < -0.3 is 14.7 Å². The Labute approximate surface area is 280 Å². The van der Waals surface area contributed by atoms with Crippen molar-refractivity contribution >= 4 is 43.4 Å². The topological polar surface area (TPSA) is 113 Å². The van der Waals surface area contributed by atoms with Gasteiger partial charge in [-0.05, 0) is 118 Å². The minimum absolute atomic E-state index is 0.0204. The van der Waals surface area contributed by atoms with Crippen LogP contribution in [0.5, 0.6) is 5.75 Å². The summed E-state index contributed by atoms with van der Waals surface area (Å²) in [6.45, 7) is 5.22. The lowest BCUT2D eigenvalue weighted by Gasteiger charge is -2.50. The van der Waals surface area contributed by atoms with Crippen molar-refractivity contribution in [1.29, 1.82) is 0 Å². The molecule has 6 rings (SSSR count). The Morgan fingerprint density at radius 3 is 2.67 bits per heavy atom. The van der Waals surface area contributed by atoms with Crippen LogP contribution in [-0.2, 0) is 32.1 Å². The molecule has 2 aromatic carbocycles. The van der Waals surface area contributed by atoms with E-state index in [1.54, 1.807) is 25.1 Å². The number of hydrogen-bond acceptors (Lipinski definition) is 7. The number of rotatable bonds is 2. The van der Waals surface area contributed by atoms with Crippen molar-refractivity contribution in [3.63, 3.8) is 0 Å². The lowest BCUT2D eigenvalue weighted by atomic mass is 9.62. The fraction of sp³-hybridized carbons (Fsp3) is 0.600. The number of anilines is 1. The average molecular weight is 689 g/mol. The molecule has 2 aliphatic heterocycles. The van der Waals surface area contributed by atoms with Gasteiger partial charge in [-0.2, -0.15) is 0 Å². The normalized spacial score (nSPS) is 32.6. The van der Waals surface area contributed by atoms with Crippen LogP contribution in [0.4, 0.5) is 5.69 Å². The van der Waals surface area contributed by atoms with Gasteiger partial charge in [0.05, 0.1) is 23.1 Å². The number of hydrogen-bond donors (Lipinski definition) is 2. The standard InChI is InChI=1S/C35H45ClN2O6S2/c1-23-6-4-15-35(40,16-17-45(3)41)30-11-8-27(30)20-38-21-34(14-5-7-25-18-28(36)10-12-29(25)34)22-44-32-13-9-26(19-31(32)38)33(39)37-46(42,43)24(23)2/h3,9-10,12-13,18-19,23-24,27,30,40H,4-8,11,14-17,20-22H2,1-2H3,(H,37,39)/t23?,24-,27+,30-,34+,35+/m1/s1. The summed E-state index contributed by atoms with van der Waals surface area (Å²) < 4.78 is 47.6. The van der Waals surface area contributed by atoms with Crippen LogP contribution in [0.25, 0.3) is 0 Å². The summed E-state index contributed by atoms with van der Waals surface area (Å²) in [5.74, 6) is 0.0886. The van der Waals surface area contributed by atoms with E-state index < -0.39 is 37.0 Å². The Kier molecular flexibility index (Phi) is 9.33. The Morgan fingerprint density at radius 2 is 1.93 bits per heavy atom. The van der Waals surface area contributed by atoms with Crippen LogP contribution in [0, 0.1) is 23.4 Å². The number of nitrogens with one attached hydrogen (secondary N) is 1. The number of halogens is 1. The molecule has 2 bridgehead atoms. The van der Waals surface area contributed by atoms with Gasteiger partial charge in [0, 0.05) is 45.1 Å². The number of carbonyl (C=O) groups excluding carboxylic acids is 1. The maximum absolute atomic E-state index is 13.4. The van der Waals surface area contributed by atoms with Gasteiger partial charge in [0.15, 0.2) is 0 Å². The van der Waals surface area contributed by atoms with E-state index in [1.165, 1.54) is 11.1 Å². The van der Waals surface area contributed by atoms with Gasteiger partial charge in [0.1, 0.15) is 5.75 Å². The molecule has 1 spiro atoms. The lowest BCUT2D eigenvalue weighted by molar-refractivity contribution is -0.0901. The average Bonchev–Trinajstić information content (AvgIpc) is 3.14. The highest BCUT2D eigenvalue weighted by molar-refractivity contribution is 7.90. The molecule has 0 saturated heterocycles. The first-order valence-electron chi connectivity index (χ1n) is 16.5. The first kappa shape index (κ1) is 33.4. The number of ether oxygens (including phenoxy) is 1. The molecule has 1 amide bonds. The third-order valence-electron chi connectivity index (χ3n) is 11.4. The second kappa shape index (κ2) is 12.8. The Bertz CT molecular complexity index is 1750. The Morgan fingerprint density at radius 1 is 1.13 bits per heavy atom. The molecule has 1 fully saturated rings. The van der Waals surface area contributed by atoms with Crippen molar-refractivity contribution in [1.82, 2.24) is 4.72 Å². The Balaban J connectivity index is 1.43. The number of amides is 1. The van der Waals surface area contributed by atoms with E-state index in [1.807, 2.05) is 13.0 Å². The largest absolute Gasteiger partial charge is 0.490 e.